The van der Waals surface area contributed by atoms with Crippen molar-refractivity contribution in [2.75, 3.05) is 6.54 Å². The lowest BCUT2D eigenvalue weighted by Gasteiger charge is -2.06. The molecule has 0 aliphatic carbocycles. The topological polar surface area (TPSA) is 63.5 Å². The van der Waals surface area contributed by atoms with E-state index in [1.807, 2.05) is 5.38 Å². The summed E-state index contributed by atoms with van der Waals surface area (Å²) in [6.45, 7) is 2.08. The third-order valence-electron chi connectivity index (χ3n) is 3.39. The van der Waals surface area contributed by atoms with Gasteiger partial charge in [-0.15, -0.1) is 11.3 Å². The first-order valence-corrected chi connectivity index (χ1v) is 7.94. The number of nitrogens with zero attached hydrogens (tertiary/aromatic N) is 2. The molecule has 0 fully saturated rings. The fourth-order valence-electron chi connectivity index (χ4n) is 2.30. The third-order valence-corrected chi connectivity index (χ3v) is 4.26. The van der Waals surface area contributed by atoms with Crippen molar-refractivity contribution < 1.29 is 9.18 Å². The highest BCUT2D eigenvalue weighted by atomic mass is 32.1. The van der Waals surface area contributed by atoms with Crippen LogP contribution in [-0.4, -0.2) is 21.8 Å². The molecule has 0 saturated heterocycles. The molecule has 0 aliphatic heterocycles. The van der Waals surface area contributed by atoms with Gasteiger partial charge in [0.25, 0.3) is 11.5 Å². The lowest BCUT2D eigenvalue weighted by molar-refractivity contribution is 0.0950. The summed E-state index contributed by atoms with van der Waals surface area (Å²) in [7, 11) is 0. The van der Waals surface area contributed by atoms with Crippen molar-refractivity contribution in [2.45, 2.75) is 13.3 Å². The molecule has 0 bridgehead atoms. The van der Waals surface area contributed by atoms with E-state index in [0.29, 0.717) is 23.6 Å². The van der Waals surface area contributed by atoms with E-state index in [4.69, 9.17) is 0 Å². The molecule has 118 valence electrons. The Kier molecular flexibility index (Phi) is 4.20. The van der Waals surface area contributed by atoms with Gasteiger partial charge in [-0.05, 0) is 19.1 Å². The molecule has 0 spiro atoms. The van der Waals surface area contributed by atoms with Crippen LogP contribution in [0.5, 0.6) is 0 Å². The highest BCUT2D eigenvalue weighted by molar-refractivity contribution is 7.15. The number of carbonyl (C=O) groups excluding carboxylic acids is 1. The monoisotopic (exact) mass is 331 g/mol. The van der Waals surface area contributed by atoms with E-state index in [9.17, 15) is 14.0 Å². The Morgan fingerprint density at radius 3 is 2.96 bits per heavy atom. The van der Waals surface area contributed by atoms with Crippen LogP contribution in [0.25, 0.3) is 4.96 Å². The van der Waals surface area contributed by atoms with Crippen molar-refractivity contribution in [1.29, 1.82) is 0 Å². The lowest BCUT2D eigenvalue weighted by Crippen LogP contribution is -2.27. The number of carbonyl (C=O) groups is 1. The number of nitrogens with one attached hydrogen (secondary N) is 1. The quantitative estimate of drug-likeness (QED) is 0.797. The highest BCUT2D eigenvalue weighted by Crippen LogP contribution is 2.13. The average Bonchev–Trinajstić information content (AvgIpc) is 2.90. The van der Waals surface area contributed by atoms with E-state index in [0.717, 1.165) is 5.69 Å². The minimum absolute atomic E-state index is 0.0112. The van der Waals surface area contributed by atoms with Crippen molar-refractivity contribution in [1.82, 2.24) is 14.7 Å². The number of benzene rings is 1. The van der Waals surface area contributed by atoms with Crippen molar-refractivity contribution in [2.24, 2.45) is 0 Å². The first-order chi connectivity index (χ1) is 11.1. The number of fused-ring (bicyclic) bond motifs is 1. The zero-order chi connectivity index (χ0) is 16.4. The van der Waals surface area contributed by atoms with Crippen LogP contribution in [0.4, 0.5) is 4.39 Å². The Morgan fingerprint density at radius 1 is 1.39 bits per heavy atom. The molecule has 0 unspecified atom stereocenters. The average molecular weight is 331 g/mol. The summed E-state index contributed by atoms with van der Waals surface area (Å²) in [6.07, 6.45) is 0.463. The summed E-state index contributed by atoms with van der Waals surface area (Å²) in [5.74, 6) is -1.02. The zero-order valence-electron chi connectivity index (χ0n) is 12.4. The molecule has 1 N–H and O–H groups in total. The predicted octanol–water partition coefficient (Wildman–Crippen LogP) is 2.18. The molecule has 5 nitrogen and oxygen atoms in total. The van der Waals surface area contributed by atoms with Crippen molar-refractivity contribution in [3.8, 4) is 0 Å². The van der Waals surface area contributed by atoms with Crippen LogP contribution >= 0.6 is 11.3 Å². The van der Waals surface area contributed by atoms with Gasteiger partial charge in [-0.1, -0.05) is 12.1 Å². The Hall–Kier alpha value is -2.54. The summed E-state index contributed by atoms with van der Waals surface area (Å²) in [4.78, 5) is 28.9. The molecule has 3 aromatic rings. The number of hydrogen-bond donors (Lipinski definition) is 1. The van der Waals surface area contributed by atoms with E-state index in [2.05, 4.69) is 10.3 Å². The van der Waals surface area contributed by atoms with E-state index < -0.39 is 11.7 Å². The Morgan fingerprint density at radius 2 is 2.17 bits per heavy atom. The van der Waals surface area contributed by atoms with Gasteiger partial charge in [0, 0.05) is 35.8 Å². The van der Waals surface area contributed by atoms with Crippen LogP contribution in [0.15, 0.2) is 40.5 Å². The standard InChI is InChI=1S/C16H14FN3O2S/c1-10-8-14(21)20-11(9-23-16(20)19-10)6-7-18-15(22)12-4-2-3-5-13(12)17/h2-5,8-9H,6-7H2,1H3,(H,18,22). The molecular weight excluding hydrogens is 317 g/mol. The molecular formula is C16H14FN3O2S. The fraction of sp³-hybridized carbons (Fsp3) is 0.188. The van der Waals surface area contributed by atoms with Gasteiger partial charge in [0.15, 0.2) is 4.96 Å². The molecule has 1 aromatic carbocycles. The molecule has 7 heteroatoms. The molecule has 1 amide bonds. The molecule has 3 rings (SSSR count). The number of rotatable bonds is 4. The summed E-state index contributed by atoms with van der Waals surface area (Å²) >= 11 is 1.38. The maximum absolute atomic E-state index is 13.5. The number of hydrogen-bond acceptors (Lipinski definition) is 4. The Labute approximate surface area is 135 Å². The smallest absolute Gasteiger partial charge is 0.258 e. The Bertz CT molecular complexity index is 932. The number of aromatic nitrogens is 2. The summed E-state index contributed by atoms with van der Waals surface area (Å²) in [5, 5.41) is 4.51. The van der Waals surface area contributed by atoms with Crippen molar-refractivity contribution in [3.63, 3.8) is 0 Å². The number of aryl methyl sites for hydroxylation is 1. The second kappa shape index (κ2) is 6.29. The van der Waals surface area contributed by atoms with Gasteiger partial charge < -0.3 is 5.32 Å². The van der Waals surface area contributed by atoms with Crippen LogP contribution < -0.4 is 10.9 Å². The summed E-state index contributed by atoms with van der Waals surface area (Å²) < 4.78 is 15.1. The van der Waals surface area contributed by atoms with Crippen molar-refractivity contribution in [3.05, 3.63) is 68.8 Å². The van der Waals surface area contributed by atoms with Gasteiger partial charge in [0.05, 0.1) is 5.56 Å². The Balaban J connectivity index is 1.71. The number of thiazole rings is 1. The van der Waals surface area contributed by atoms with E-state index >= 15 is 0 Å². The highest BCUT2D eigenvalue weighted by Gasteiger charge is 2.11. The molecule has 2 heterocycles. The summed E-state index contributed by atoms with van der Waals surface area (Å²) in [6, 6.07) is 7.29. The number of amides is 1. The van der Waals surface area contributed by atoms with E-state index in [-0.39, 0.29) is 11.1 Å². The normalized spacial score (nSPS) is 10.9. The zero-order valence-corrected chi connectivity index (χ0v) is 13.2. The molecule has 0 radical (unpaired) electrons. The first kappa shape index (κ1) is 15.4. The summed E-state index contributed by atoms with van der Waals surface area (Å²) in [5.41, 5.74) is 1.33. The van der Waals surface area contributed by atoms with Crippen LogP contribution in [0.3, 0.4) is 0 Å². The third kappa shape index (κ3) is 3.14. The fourth-order valence-corrected chi connectivity index (χ4v) is 3.28. The molecule has 0 atom stereocenters. The van der Waals surface area contributed by atoms with Gasteiger partial charge in [0.1, 0.15) is 5.82 Å². The van der Waals surface area contributed by atoms with Gasteiger partial charge in [-0.3, -0.25) is 14.0 Å². The minimum Gasteiger partial charge on any atom is -0.352 e. The SMILES string of the molecule is Cc1cc(=O)n2c(CCNC(=O)c3ccccc3F)csc2n1. The van der Waals surface area contributed by atoms with E-state index in [1.165, 1.54) is 40.0 Å². The van der Waals surface area contributed by atoms with Crippen LogP contribution in [-0.2, 0) is 6.42 Å². The van der Waals surface area contributed by atoms with Gasteiger partial charge in [-0.2, -0.15) is 0 Å². The largest absolute Gasteiger partial charge is 0.352 e. The maximum Gasteiger partial charge on any atom is 0.258 e. The molecule has 23 heavy (non-hydrogen) atoms. The second-order valence-electron chi connectivity index (χ2n) is 5.07. The van der Waals surface area contributed by atoms with E-state index in [1.54, 1.807) is 13.0 Å². The second-order valence-corrected chi connectivity index (χ2v) is 5.90. The maximum atomic E-state index is 13.5. The first-order valence-electron chi connectivity index (χ1n) is 7.06. The van der Waals surface area contributed by atoms with Gasteiger partial charge >= 0.3 is 0 Å². The molecule has 0 saturated carbocycles. The predicted molar refractivity (Wildman–Crippen MR) is 86.5 cm³/mol. The number of halogens is 1. The molecule has 0 aliphatic rings. The van der Waals surface area contributed by atoms with Crippen LogP contribution in [0.1, 0.15) is 21.7 Å². The molecule has 2 aromatic heterocycles. The van der Waals surface area contributed by atoms with Crippen molar-refractivity contribution >= 4 is 22.2 Å². The van der Waals surface area contributed by atoms with Crippen LogP contribution in [0, 0.1) is 12.7 Å². The van der Waals surface area contributed by atoms with Crippen LogP contribution in [0.2, 0.25) is 0 Å². The van der Waals surface area contributed by atoms with Gasteiger partial charge in [0.2, 0.25) is 0 Å². The minimum atomic E-state index is -0.554. The van der Waals surface area contributed by atoms with Gasteiger partial charge in [-0.25, -0.2) is 9.37 Å². The lowest BCUT2D eigenvalue weighted by atomic mass is 10.2.